The van der Waals surface area contributed by atoms with Crippen molar-refractivity contribution in [3.05, 3.63) is 87.9 Å². The van der Waals surface area contributed by atoms with Gasteiger partial charge in [-0.1, -0.05) is 48.7 Å². The molecule has 4 rings (SSSR count). The molecule has 3 aromatic rings. The summed E-state index contributed by atoms with van der Waals surface area (Å²) < 4.78 is 12.6. The van der Waals surface area contributed by atoms with E-state index in [0.717, 1.165) is 43.2 Å². The van der Waals surface area contributed by atoms with Crippen molar-refractivity contribution in [1.29, 1.82) is 0 Å². The molecule has 1 fully saturated rings. The van der Waals surface area contributed by atoms with Crippen LogP contribution >= 0.6 is 35.1 Å². The van der Waals surface area contributed by atoms with Gasteiger partial charge in [0.05, 0.1) is 17.3 Å². The summed E-state index contributed by atoms with van der Waals surface area (Å²) in [5, 5.41) is 7.08. The van der Waals surface area contributed by atoms with E-state index in [1.165, 1.54) is 12.8 Å². The van der Waals surface area contributed by atoms with E-state index >= 15 is 0 Å². The fourth-order valence-corrected chi connectivity index (χ4v) is 4.53. The van der Waals surface area contributed by atoms with Crippen LogP contribution in [-0.2, 0) is 9.47 Å². The van der Waals surface area contributed by atoms with Gasteiger partial charge in [-0.2, -0.15) is 0 Å². The van der Waals surface area contributed by atoms with E-state index in [2.05, 4.69) is 21.9 Å². The van der Waals surface area contributed by atoms with Crippen LogP contribution in [-0.4, -0.2) is 51.5 Å². The molecule has 2 N–H and O–H groups in total. The van der Waals surface area contributed by atoms with Crippen molar-refractivity contribution in [3.63, 3.8) is 0 Å². The first-order chi connectivity index (χ1) is 19.4. The minimum atomic E-state index is -0.159. The highest BCUT2D eigenvalue weighted by Gasteiger charge is 2.13. The molecule has 1 aliphatic rings. The molecule has 1 aliphatic heterocycles. The molecule has 1 heterocycles. The Kier molecular flexibility index (Phi) is 16.2. The van der Waals surface area contributed by atoms with E-state index in [9.17, 15) is 9.59 Å². The number of rotatable bonds is 9. The van der Waals surface area contributed by atoms with E-state index in [1.807, 2.05) is 31.2 Å². The van der Waals surface area contributed by atoms with Crippen LogP contribution in [0.25, 0.3) is 0 Å². The fourth-order valence-electron chi connectivity index (χ4n) is 3.29. The number of unbranched alkanes of at least 4 members (excludes halogenated alkanes) is 1. The van der Waals surface area contributed by atoms with Crippen molar-refractivity contribution >= 4 is 64.4 Å². The van der Waals surface area contributed by atoms with Crippen molar-refractivity contribution < 1.29 is 19.1 Å². The Morgan fingerprint density at radius 3 is 2.45 bits per heavy atom. The van der Waals surface area contributed by atoms with E-state index in [4.69, 9.17) is 32.7 Å². The average molecular weight is 607 g/mol. The lowest BCUT2D eigenvalue weighted by Crippen LogP contribution is -2.25. The zero-order valence-corrected chi connectivity index (χ0v) is 25.5. The van der Waals surface area contributed by atoms with Gasteiger partial charge >= 0.3 is 0 Å². The SMILES string of the molecule is CCCCOCC.CNc1cc(NC(=O)c2ccc(N3COCCS3)cc2)ccc1Cl.O=Cc1cccc(Cl)c1. The Bertz CT molecular complexity index is 1170. The molecule has 3 aromatic carbocycles. The third-order valence-corrected chi connectivity index (χ3v) is 6.97. The highest BCUT2D eigenvalue weighted by atomic mass is 35.5. The largest absolute Gasteiger partial charge is 0.387 e. The minimum absolute atomic E-state index is 0.159. The Labute approximate surface area is 251 Å². The lowest BCUT2D eigenvalue weighted by molar-refractivity contribution is 0.102. The summed E-state index contributed by atoms with van der Waals surface area (Å²) in [4.78, 5) is 22.5. The second kappa shape index (κ2) is 19.3. The number of carbonyl (C=O) groups is 2. The Morgan fingerprint density at radius 1 is 1.10 bits per heavy atom. The maximum Gasteiger partial charge on any atom is 0.255 e. The van der Waals surface area contributed by atoms with Crippen LogP contribution in [0.1, 0.15) is 47.4 Å². The summed E-state index contributed by atoms with van der Waals surface area (Å²) in [5.74, 6) is 0.778. The number of hydrogen-bond donors (Lipinski definition) is 2. The highest BCUT2D eigenvalue weighted by molar-refractivity contribution is 8.00. The van der Waals surface area contributed by atoms with Gasteiger partial charge in [0.15, 0.2) is 0 Å². The van der Waals surface area contributed by atoms with Crippen LogP contribution in [0.4, 0.5) is 17.1 Å². The van der Waals surface area contributed by atoms with Crippen LogP contribution in [0.2, 0.25) is 10.0 Å². The van der Waals surface area contributed by atoms with Gasteiger partial charge in [-0.3, -0.25) is 13.9 Å². The molecule has 0 unspecified atom stereocenters. The number of halogens is 2. The number of aldehydes is 1. The third kappa shape index (κ3) is 12.2. The molecule has 1 saturated heterocycles. The van der Waals surface area contributed by atoms with Crippen molar-refractivity contribution in [3.8, 4) is 0 Å². The Hall–Kier alpha value is -2.75. The van der Waals surface area contributed by atoms with Gasteiger partial charge in [0.25, 0.3) is 5.91 Å². The topological polar surface area (TPSA) is 79.9 Å². The van der Waals surface area contributed by atoms with Gasteiger partial charge < -0.3 is 20.1 Å². The van der Waals surface area contributed by atoms with Crippen LogP contribution in [0.15, 0.2) is 66.7 Å². The van der Waals surface area contributed by atoms with E-state index < -0.39 is 0 Å². The molecule has 40 heavy (non-hydrogen) atoms. The van der Waals surface area contributed by atoms with Crippen molar-refractivity contribution in [1.82, 2.24) is 0 Å². The zero-order chi connectivity index (χ0) is 29.2. The first kappa shape index (κ1) is 33.5. The lowest BCUT2D eigenvalue weighted by Gasteiger charge is -2.27. The Morgan fingerprint density at radius 2 is 1.88 bits per heavy atom. The zero-order valence-electron chi connectivity index (χ0n) is 23.1. The lowest BCUT2D eigenvalue weighted by atomic mass is 10.2. The molecule has 0 atom stereocenters. The van der Waals surface area contributed by atoms with Crippen LogP contribution in [0.5, 0.6) is 0 Å². The summed E-state index contributed by atoms with van der Waals surface area (Å²) >= 11 is 13.3. The van der Waals surface area contributed by atoms with E-state index in [0.29, 0.717) is 33.6 Å². The summed E-state index contributed by atoms with van der Waals surface area (Å²) in [6, 6.07) is 19.6. The predicted octanol–water partition coefficient (Wildman–Crippen LogP) is 8.05. The molecule has 0 saturated carbocycles. The van der Waals surface area contributed by atoms with Crippen LogP contribution < -0.4 is 14.9 Å². The van der Waals surface area contributed by atoms with E-state index in [-0.39, 0.29) is 5.91 Å². The maximum absolute atomic E-state index is 12.4. The number of amides is 1. The van der Waals surface area contributed by atoms with E-state index in [1.54, 1.807) is 61.5 Å². The standard InChI is InChI=1S/C17H18ClN3O2S.C7H5ClO.C6H14O/c1-19-16-10-13(4-7-15(16)18)20-17(22)12-2-5-14(6-3-12)21-11-23-8-9-24-21;8-7-3-1-2-6(4-7)5-9;1-3-5-6-7-4-2/h2-7,10,19H,8-9,11H2,1H3,(H,20,22);1-5H;3-6H2,1-2H3. The quantitative estimate of drug-likeness (QED) is 0.145. The first-order valence-electron chi connectivity index (χ1n) is 13.1. The average Bonchev–Trinajstić information content (AvgIpc) is 2.99. The van der Waals surface area contributed by atoms with Crippen molar-refractivity contribution in [2.75, 3.05) is 54.3 Å². The molecule has 0 spiro atoms. The fraction of sp³-hybridized carbons (Fsp3) is 0.333. The number of anilines is 3. The molecule has 216 valence electrons. The summed E-state index contributed by atoms with van der Waals surface area (Å²) in [5.41, 5.74) is 3.70. The molecule has 0 aliphatic carbocycles. The molecular weight excluding hydrogens is 569 g/mol. The summed E-state index contributed by atoms with van der Waals surface area (Å²) in [6.45, 7) is 7.33. The van der Waals surface area contributed by atoms with Gasteiger partial charge in [0.1, 0.15) is 13.0 Å². The highest BCUT2D eigenvalue weighted by Crippen LogP contribution is 2.27. The number of ether oxygens (including phenoxy) is 2. The summed E-state index contributed by atoms with van der Waals surface area (Å²) in [7, 11) is 1.79. The number of nitrogens with zero attached hydrogens (tertiary/aromatic N) is 1. The third-order valence-electron chi connectivity index (χ3n) is 5.43. The minimum Gasteiger partial charge on any atom is -0.387 e. The second-order valence-corrected chi connectivity index (χ2v) is 10.4. The predicted molar refractivity (Wildman–Crippen MR) is 169 cm³/mol. The van der Waals surface area contributed by atoms with Gasteiger partial charge in [0.2, 0.25) is 0 Å². The van der Waals surface area contributed by atoms with Gasteiger partial charge in [0, 0.05) is 53.5 Å². The van der Waals surface area contributed by atoms with Gasteiger partial charge in [-0.25, -0.2) is 0 Å². The number of nitrogens with one attached hydrogen (secondary N) is 2. The molecule has 1 amide bonds. The Balaban J connectivity index is 0.000000287. The first-order valence-corrected chi connectivity index (χ1v) is 14.8. The molecule has 0 radical (unpaired) electrons. The monoisotopic (exact) mass is 605 g/mol. The molecular formula is C30H37Cl2N3O4S. The van der Waals surface area contributed by atoms with Crippen molar-refractivity contribution in [2.45, 2.75) is 26.7 Å². The molecule has 10 heteroatoms. The molecule has 7 nitrogen and oxygen atoms in total. The molecule has 0 bridgehead atoms. The smallest absolute Gasteiger partial charge is 0.255 e. The number of benzene rings is 3. The van der Waals surface area contributed by atoms with Crippen LogP contribution in [0, 0.1) is 0 Å². The second-order valence-electron chi connectivity index (χ2n) is 8.42. The normalized spacial score (nSPS) is 12.3. The van der Waals surface area contributed by atoms with Crippen LogP contribution in [0.3, 0.4) is 0 Å². The summed E-state index contributed by atoms with van der Waals surface area (Å²) in [6.07, 6.45) is 3.21. The van der Waals surface area contributed by atoms with Crippen molar-refractivity contribution in [2.24, 2.45) is 0 Å². The number of hydrogen-bond acceptors (Lipinski definition) is 7. The van der Waals surface area contributed by atoms with Gasteiger partial charge in [-0.05, 0) is 79.9 Å². The molecule has 0 aromatic heterocycles. The maximum atomic E-state index is 12.4. The number of carbonyl (C=O) groups excluding carboxylic acids is 2. The van der Waals surface area contributed by atoms with Gasteiger partial charge in [-0.15, -0.1) is 0 Å².